The molecule has 0 aliphatic carbocycles. The van der Waals surface area contributed by atoms with Crippen LogP contribution in [0.4, 0.5) is 0 Å². The number of aromatic amines is 1. The van der Waals surface area contributed by atoms with E-state index in [9.17, 15) is 9.59 Å². The molecule has 1 atom stereocenters. The van der Waals surface area contributed by atoms with Crippen molar-refractivity contribution in [1.82, 2.24) is 14.9 Å². The molecule has 0 aliphatic heterocycles. The molecule has 0 aromatic carbocycles. The van der Waals surface area contributed by atoms with E-state index < -0.39 is 0 Å². The first-order valence-electron chi connectivity index (χ1n) is 8.45. The van der Waals surface area contributed by atoms with Crippen LogP contribution in [0.25, 0.3) is 10.2 Å². The van der Waals surface area contributed by atoms with Crippen LogP contribution >= 0.6 is 11.3 Å². The minimum Gasteiger partial charge on any atom is -0.343 e. The summed E-state index contributed by atoms with van der Waals surface area (Å²) in [5.74, 6) is 1.23. The Hall–Kier alpha value is -1.69. The van der Waals surface area contributed by atoms with Crippen molar-refractivity contribution in [3.63, 3.8) is 0 Å². The molecule has 24 heavy (non-hydrogen) atoms. The van der Waals surface area contributed by atoms with E-state index >= 15 is 0 Å². The van der Waals surface area contributed by atoms with E-state index in [-0.39, 0.29) is 17.5 Å². The van der Waals surface area contributed by atoms with Crippen LogP contribution in [-0.2, 0) is 11.2 Å². The SMILES string of the molecule is Cc1sc2nc(CCC(=O)N(C)[C@H](C)CC(C)C)[nH]c(=O)c2c1C. The maximum Gasteiger partial charge on any atom is 0.259 e. The lowest BCUT2D eigenvalue weighted by atomic mass is 10.0. The first-order chi connectivity index (χ1) is 11.2. The molecule has 2 aromatic rings. The molecule has 0 aliphatic rings. The molecule has 0 radical (unpaired) electrons. The second-order valence-corrected chi connectivity index (χ2v) is 8.16. The average molecular weight is 350 g/mol. The van der Waals surface area contributed by atoms with Crippen LogP contribution in [0.15, 0.2) is 4.79 Å². The first-order valence-corrected chi connectivity index (χ1v) is 9.26. The molecular weight excluding hydrogens is 322 g/mol. The van der Waals surface area contributed by atoms with Crippen LogP contribution in [0.3, 0.4) is 0 Å². The highest BCUT2D eigenvalue weighted by atomic mass is 32.1. The van der Waals surface area contributed by atoms with Crippen molar-refractivity contribution in [3.05, 3.63) is 26.6 Å². The van der Waals surface area contributed by atoms with Crippen LogP contribution in [0.2, 0.25) is 0 Å². The fourth-order valence-electron chi connectivity index (χ4n) is 2.91. The van der Waals surface area contributed by atoms with Crippen molar-refractivity contribution in [3.8, 4) is 0 Å². The van der Waals surface area contributed by atoms with E-state index in [4.69, 9.17) is 0 Å². The van der Waals surface area contributed by atoms with Gasteiger partial charge in [-0.3, -0.25) is 9.59 Å². The number of aromatic nitrogens is 2. The van der Waals surface area contributed by atoms with E-state index in [1.807, 2.05) is 20.9 Å². The summed E-state index contributed by atoms with van der Waals surface area (Å²) in [5, 5.41) is 0.676. The summed E-state index contributed by atoms with van der Waals surface area (Å²) < 4.78 is 0. The Kier molecular flexibility index (Phi) is 5.80. The normalized spacial score (nSPS) is 12.8. The van der Waals surface area contributed by atoms with Crippen LogP contribution < -0.4 is 5.56 Å². The molecule has 5 nitrogen and oxygen atoms in total. The molecule has 0 saturated carbocycles. The zero-order valence-corrected chi connectivity index (χ0v) is 16.2. The van der Waals surface area contributed by atoms with Gasteiger partial charge in [0.2, 0.25) is 5.91 Å². The van der Waals surface area contributed by atoms with Gasteiger partial charge in [0.05, 0.1) is 5.39 Å². The number of thiophene rings is 1. The Bertz CT molecular complexity index is 791. The number of rotatable bonds is 6. The lowest BCUT2D eigenvalue weighted by Gasteiger charge is -2.26. The van der Waals surface area contributed by atoms with Gasteiger partial charge in [-0.2, -0.15) is 0 Å². The average Bonchev–Trinajstić information content (AvgIpc) is 2.78. The van der Waals surface area contributed by atoms with Gasteiger partial charge in [-0.15, -0.1) is 11.3 Å². The van der Waals surface area contributed by atoms with Gasteiger partial charge >= 0.3 is 0 Å². The summed E-state index contributed by atoms with van der Waals surface area (Å²) in [4.78, 5) is 35.6. The van der Waals surface area contributed by atoms with Crippen molar-refractivity contribution in [2.24, 2.45) is 5.92 Å². The zero-order chi connectivity index (χ0) is 18.0. The Morgan fingerprint density at radius 1 is 1.29 bits per heavy atom. The Morgan fingerprint density at radius 3 is 2.58 bits per heavy atom. The van der Waals surface area contributed by atoms with Crippen molar-refractivity contribution >= 4 is 27.5 Å². The summed E-state index contributed by atoms with van der Waals surface area (Å²) in [6, 6.07) is 0.217. The van der Waals surface area contributed by atoms with Crippen LogP contribution in [0, 0.1) is 19.8 Å². The Labute approximate surface area is 147 Å². The van der Waals surface area contributed by atoms with Crippen molar-refractivity contribution in [1.29, 1.82) is 0 Å². The minimum absolute atomic E-state index is 0.0874. The minimum atomic E-state index is -0.106. The molecule has 2 aromatic heterocycles. The maximum atomic E-state index is 12.4. The summed E-state index contributed by atoms with van der Waals surface area (Å²) in [5.41, 5.74) is 0.888. The molecule has 1 N–H and O–H groups in total. The largest absolute Gasteiger partial charge is 0.343 e. The number of fused-ring (bicyclic) bond motifs is 1. The molecule has 0 saturated heterocycles. The Balaban J connectivity index is 2.08. The van der Waals surface area contributed by atoms with E-state index in [0.29, 0.717) is 30.0 Å². The van der Waals surface area contributed by atoms with Crippen LogP contribution in [0.5, 0.6) is 0 Å². The predicted molar refractivity (Wildman–Crippen MR) is 99.7 cm³/mol. The number of amides is 1. The summed E-state index contributed by atoms with van der Waals surface area (Å²) >= 11 is 1.53. The second-order valence-electron chi connectivity index (χ2n) is 6.96. The maximum absolute atomic E-state index is 12.4. The summed E-state index contributed by atoms with van der Waals surface area (Å²) in [6.45, 7) is 10.3. The molecule has 0 unspecified atom stereocenters. The summed E-state index contributed by atoms with van der Waals surface area (Å²) in [7, 11) is 1.85. The number of aryl methyl sites for hydroxylation is 3. The molecule has 0 fully saturated rings. The third kappa shape index (κ3) is 4.04. The fourth-order valence-corrected chi connectivity index (χ4v) is 3.95. The molecule has 132 valence electrons. The first kappa shape index (κ1) is 18.6. The van der Waals surface area contributed by atoms with E-state index in [2.05, 4.69) is 30.7 Å². The topological polar surface area (TPSA) is 66.1 Å². The van der Waals surface area contributed by atoms with E-state index in [1.54, 1.807) is 4.90 Å². The number of hydrogen-bond donors (Lipinski definition) is 1. The standard InChI is InChI=1S/C18H27N3O2S/c1-10(2)9-11(3)21(6)15(22)8-7-14-19-17(23)16-12(4)13(5)24-18(16)20-14/h10-11H,7-9H2,1-6H3,(H,19,20,23)/t11-/m1/s1. The third-order valence-corrected chi connectivity index (χ3v) is 5.63. The van der Waals surface area contributed by atoms with Gasteiger partial charge in [-0.05, 0) is 38.7 Å². The highest BCUT2D eigenvalue weighted by molar-refractivity contribution is 7.18. The van der Waals surface area contributed by atoms with Crippen LogP contribution in [0.1, 0.15) is 49.9 Å². The van der Waals surface area contributed by atoms with Crippen LogP contribution in [-0.4, -0.2) is 33.9 Å². The van der Waals surface area contributed by atoms with Crippen molar-refractivity contribution in [2.75, 3.05) is 7.05 Å². The highest BCUT2D eigenvalue weighted by Gasteiger charge is 2.18. The van der Waals surface area contributed by atoms with E-state index in [1.165, 1.54) is 11.3 Å². The number of nitrogens with zero attached hydrogens (tertiary/aromatic N) is 2. The second kappa shape index (κ2) is 7.47. The van der Waals surface area contributed by atoms with Crippen molar-refractivity contribution in [2.45, 2.75) is 59.9 Å². The number of nitrogens with one attached hydrogen (secondary N) is 1. The molecule has 0 spiro atoms. The number of carbonyl (C=O) groups excluding carboxylic acids is 1. The van der Waals surface area contributed by atoms with Gasteiger partial charge in [0.15, 0.2) is 0 Å². The molecule has 2 heterocycles. The molecular formula is C18H27N3O2S. The predicted octanol–water partition coefficient (Wildman–Crippen LogP) is 3.43. The van der Waals surface area contributed by atoms with Gasteiger partial charge in [0.1, 0.15) is 10.7 Å². The fraction of sp³-hybridized carbons (Fsp3) is 0.611. The monoisotopic (exact) mass is 349 g/mol. The lowest BCUT2D eigenvalue weighted by Crippen LogP contribution is -2.36. The van der Waals surface area contributed by atoms with Crippen molar-refractivity contribution < 1.29 is 4.79 Å². The molecule has 2 rings (SSSR count). The molecule has 0 bridgehead atoms. The lowest BCUT2D eigenvalue weighted by molar-refractivity contribution is -0.131. The number of H-pyrrole nitrogens is 1. The van der Waals surface area contributed by atoms with Gasteiger partial charge in [-0.25, -0.2) is 4.98 Å². The molecule has 1 amide bonds. The number of hydrogen-bond acceptors (Lipinski definition) is 4. The number of carbonyl (C=O) groups is 1. The summed E-state index contributed by atoms with van der Waals surface area (Å²) in [6.07, 6.45) is 1.80. The quantitative estimate of drug-likeness (QED) is 0.869. The van der Waals surface area contributed by atoms with Gasteiger partial charge in [-0.1, -0.05) is 13.8 Å². The smallest absolute Gasteiger partial charge is 0.259 e. The molecule has 6 heteroatoms. The Morgan fingerprint density at radius 2 is 1.96 bits per heavy atom. The van der Waals surface area contributed by atoms with Gasteiger partial charge in [0, 0.05) is 30.8 Å². The van der Waals surface area contributed by atoms with E-state index in [0.717, 1.165) is 21.7 Å². The highest BCUT2D eigenvalue weighted by Crippen LogP contribution is 2.25. The third-order valence-electron chi connectivity index (χ3n) is 4.53. The zero-order valence-electron chi connectivity index (χ0n) is 15.4. The van der Waals surface area contributed by atoms with Gasteiger partial charge in [0.25, 0.3) is 5.56 Å². The van der Waals surface area contributed by atoms with Gasteiger partial charge < -0.3 is 9.88 Å².